The third-order valence-electron chi connectivity index (χ3n) is 3.73. The summed E-state index contributed by atoms with van der Waals surface area (Å²) >= 11 is 0. The molecule has 0 aliphatic carbocycles. The smallest absolute Gasteiger partial charge is 0.239 e. The Morgan fingerprint density at radius 2 is 1.86 bits per heavy atom. The van der Waals surface area contributed by atoms with Crippen LogP contribution in [0.3, 0.4) is 0 Å². The van der Waals surface area contributed by atoms with Gasteiger partial charge in [0.15, 0.2) is 0 Å². The van der Waals surface area contributed by atoms with Gasteiger partial charge in [0, 0.05) is 19.6 Å². The van der Waals surface area contributed by atoms with Crippen molar-refractivity contribution in [1.29, 1.82) is 0 Å². The second-order valence-electron chi connectivity index (χ2n) is 5.89. The normalized spacial score (nSPS) is 12.3. The predicted molar refractivity (Wildman–Crippen MR) is 89.2 cm³/mol. The van der Waals surface area contributed by atoms with Gasteiger partial charge in [0.05, 0.1) is 6.04 Å². The molecule has 3 heteroatoms. The SMILES string of the molecule is C=C(C)CN(CC)C(=O)C(C)N(C)Cc1ccc(C)cc1. The predicted octanol–water partition coefficient (Wildman–Crippen LogP) is 3.24. The lowest BCUT2D eigenvalue weighted by molar-refractivity contribution is -0.135. The number of rotatable bonds is 7. The number of amides is 1. The first kappa shape index (κ1) is 17.4. The second-order valence-corrected chi connectivity index (χ2v) is 5.89. The van der Waals surface area contributed by atoms with Crippen molar-refractivity contribution < 1.29 is 4.79 Å². The lowest BCUT2D eigenvalue weighted by atomic mass is 10.1. The molecule has 1 unspecified atom stereocenters. The van der Waals surface area contributed by atoms with E-state index in [-0.39, 0.29) is 11.9 Å². The van der Waals surface area contributed by atoms with Gasteiger partial charge in [-0.25, -0.2) is 0 Å². The fourth-order valence-electron chi connectivity index (χ4n) is 2.24. The van der Waals surface area contributed by atoms with Gasteiger partial charge < -0.3 is 4.90 Å². The molecule has 0 saturated carbocycles. The first-order chi connectivity index (χ1) is 9.85. The Labute approximate surface area is 129 Å². The minimum Gasteiger partial charge on any atom is -0.338 e. The van der Waals surface area contributed by atoms with Crippen molar-refractivity contribution in [3.05, 3.63) is 47.5 Å². The highest BCUT2D eigenvalue weighted by atomic mass is 16.2. The lowest BCUT2D eigenvalue weighted by Gasteiger charge is -2.30. The fourth-order valence-corrected chi connectivity index (χ4v) is 2.24. The van der Waals surface area contributed by atoms with Gasteiger partial charge in [-0.05, 0) is 40.3 Å². The molecule has 0 aliphatic rings. The summed E-state index contributed by atoms with van der Waals surface area (Å²) in [6, 6.07) is 8.32. The Hall–Kier alpha value is -1.61. The highest BCUT2D eigenvalue weighted by Crippen LogP contribution is 2.10. The van der Waals surface area contributed by atoms with Crippen LogP contribution in [0.25, 0.3) is 0 Å². The molecule has 0 radical (unpaired) electrons. The van der Waals surface area contributed by atoms with Gasteiger partial charge in [-0.15, -0.1) is 0 Å². The van der Waals surface area contributed by atoms with E-state index in [2.05, 4.69) is 42.7 Å². The van der Waals surface area contributed by atoms with E-state index in [4.69, 9.17) is 0 Å². The topological polar surface area (TPSA) is 23.6 Å². The lowest BCUT2D eigenvalue weighted by Crippen LogP contribution is -2.45. The number of benzene rings is 1. The first-order valence-electron chi connectivity index (χ1n) is 7.54. The Balaban J connectivity index is 2.67. The van der Waals surface area contributed by atoms with Crippen molar-refractivity contribution in [2.24, 2.45) is 0 Å². The van der Waals surface area contributed by atoms with Gasteiger partial charge in [-0.3, -0.25) is 9.69 Å². The Kier molecular flexibility index (Phi) is 6.63. The fraction of sp³-hybridized carbons (Fsp3) is 0.500. The van der Waals surface area contributed by atoms with E-state index < -0.39 is 0 Å². The zero-order valence-electron chi connectivity index (χ0n) is 14.0. The Morgan fingerprint density at radius 1 is 1.29 bits per heavy atom. The molecule has 116 valence electrons. The number of carbonyl (C=O) groups excluding carboxylic acids is 1. The molecular weight excluding hydrogens is 260 g/mol. The monoisotopic (exact) mass is 288 g/mol. The van der Waals surface area contributed by atoms with Crippen LogP contribution in [0.15, 0.2) is 36.4 Å². The summed E-state index contributed by atoms with van der Waals surface area (Å²) in [5.74, 6) is 0.162. The first-order valence-corrected chi connectivity index (χ1v) is 7.54. The van der Waals surface area contributed by atoms with E-state index >= 15 is 0 Å². The number of hydrogen-bond donors (Lipinski definition) is 0. The van der Waals surface area contributed by atoms with Crippen LogP contribution in [-0.4, -0.2) is 41.9 Å². The van der Waals surface area contributed by atoms with E-state index in [0.717, 1.165) is 12.1 Å². The number of likely N-dealkylation sites (N-methyl/N-ethyl adjacent to an activating group) is 2. The Morgan fingerprint density at radius 3 is 2.33 bits per heavy atom. The van der Waals surface area contributed by atoms with E-state index in [1.165, 1.54) is 11.1 Å². The van der Waals surface area contributed by atoms with E-state index in [1.54, 1.807) is 0 Å². The van der Waals surface area contributed by atoms with Gasteiger partial charge in [0.2, 0.25) is 5.91 Å². The van der Waals surface area contributed by atoms with Crippen LogP contribution in [0.4, 0.5) is 0 Å². The molecule has 1 atom stereocenters. The average molecular weight is 288 g/mol. The van der Waals surface area contributed by atoms with Crippen LogP contribution < -0.4 is 0 Å². The molecule has 3 nitrogen and oxygen atoms in total. The van der Waals surface area contributed by atoms with Gasteiger partial charge in [-0.1, -0.05) is 42.0 Å². The molecule has 0 bridgehead atoms. The second kappa shape index (κ2) is 7.99. The molecule has 21 heavy (non-hydrogen) atoms. The van der Waals surface area contributed by atoms with E-state index in [9.17, 15) is 4.79 Å². The average Bonchev–Trinajstić information content (AvgIpc) is 2.45. The number of nitrogens with zero attached hydrogens (tertiary/aromatic N) is 2. The van der Waals surface area contributed by atoms with Gasteiger partial charge in [0.25, 0.3) is 0 Å². The zero-order valence-corrected chi connectivity index (χ0v) is 14.0. The van der Waals surface area contributed by atoms with E-state index in [0.29, 0.717) is 13.1 Å². The molecule has 1 rings (SSSR count). The standard InChI is InChI=1S/C18H28N2O/c1-7-20(12-14(2)3)18(21)16(5)19(6)13-17-10-8-15(4)9-11-17/h8-11,16H,2,7,12-13H2,1,3-6H3. The van der Waals surface area contributed by atoms with Crippen molar-refractivity contribution in [3.63, 3.8) is 0 Å². The van der Waals surface area contributed by atoms with Crippen molar-refractivity contribution in [2.75, 3.05) is 20.1 Å². The summed E-state index contributed by atoms with van der Waals surface area (Å²) in [7, 11) is 2.00. The van der Waals surface area contributed by atoms with Crippen molar-refractivity contribution >= 4 is 5.91 Å². The summed E-state index contributed by atoms with van der Waals surface area (Å²) in [5.41, 5.74) is 3.49. The maximum absolute atomic E-state index is 12.5. The molecule has 0 spiro atoms. The van der Waals surface area contributed by atoms with E-state index in [1.807, 2.05) is 32.7 Å². The molecule has 0 aromatic heterocycles. The molecular formula is C18H28N2O. The molecule has 0 N–H and O–H groups in total. The van der Waals surface area contributed by atoms with Crippen LogP contribution in [-0.2, 0) is 11.3 Å². The molecule has 0 saturated heterocycles. The summed E-state index contributed by atoms with van der Waals surface area (Å²) in [6.07, 6.45) is 0. The summed E-state index contributed by atoms with van der Waals surface area (Å²) in [5, 5.41) is 0. The Bertz CT molecular complexity index is 478. The molecule has 0 heterocycles. The van der Waals surface area contributed by atoms with Crippen molar-refractivity contribution in [2.45, 2.75) is 40.3 Å². The quantitative estimate of drug-likeness (QED) is 0.719. The summed E-state index contributed by atoms with van der Waals surface area (Å²) in [4.78, 5) is 16.5. The number of aryl methyl sites for hydroxylation is 1. The van der Waals surface area contributed by atoms with Gasteiger partial charge in [-0.2, -0.15) is 0 Å². The van der Waals surface area contributed by atoms with Crippen LogP contribution in [0.1, 0.15) is 31.9 Å². The van der Waals surface area contributed by atoms with Crippen molar-refractivity contribution in [3.8, 4) is 0 Å². The van der Waals surface area contributed by atoms with Crippen LogP contribution in [0.5, 0.6) is 0 Å². The molecule has 1 aromatic rings. The third-order valence-corrected chi connectivity index (χ3v) is 3.73. The van der Waals surface area contributed by atoms with Crippen molar-refractivity contribution in [1.82, 2.24) is 9.80 Å². The highest BCUT2D eigenvalue weighted by Gasteiger charge is 2.22. The zero-order chi connectivity index (χ0) is 16.0. The number of carbonyl (C=O) groups is 1. The van der Waals surface area contributed by atoms with Gasteiger partial charge in [0.1, 0.15) is 0 Å². The molecule has 0 fully saturated rings. The number of hydrogen-bond acceptors (Lipinski definition) is 2. The van der Waals surface area contributed by atoms with Crippen LogP contribution >= 0.6 is 0 Å². The summed E-state index contributed by atoms with van der Waals surface area (Å²) in [6.45, 7) is 14.0. The minimum atomic E-state index is -0.134. The van der Waals surface area contributed by atoms with Crippen LogP contribution in [0.2, 0.25) is 0 Å². The maximum Gasteiger partial charge on any atom is 0.239 e. The molecule has 1 aromatic carbocycles. The minimum absolute atomic E-state index is 0.134. The third kappa shape index (κ3) is 5.35. The summed E-state index contributed by atoms with van der Waals surface area (Å²) < 4.78 is 0. The highest BCUT2D eigenvalue weighted by molar-refractivity contribution is 5.81. The van der Waals surface area contributed by atoms with Gasteiger partial charge >= 0.3 is 0 Å². The van der Waals surface area contributed by atoms with Crippen LogP contribution in [0, 0.1) is 6.92 Å². The molecule has 0 aliphatic heterocycles. The maximum atomic E-state index is 12.5. The largest absolute Gasteiger partial charge is 0.338 e. The molecule has 1 amide bonds.